The minimum atomic E-state index is -0.557. The maximum Gasteiger partial charge on any atom is 0.407 e. The number of nitrogens with zero attached hydrogens (tertiary/aromatic N) is 3. The van der Waals surface area contributed by atoms with E-state index in [-0.39, 0.29) is 17.8 Å². The number of aromatic nitrogens is 2. The molecule has 126 valence electrons. The molecule has 0 aliphatic carbocycles. The monoisotopic (exact) mass is 319 g/mol. The fourth-order valence-electron chi connectivity index (χ4n) is 1.57. The van der Waals surface area contributed by atoms with Crippen LogP contribution in [0, 0.1) is 16.7 Å². The highest BCUT2D eigenvalue weighted by Crippen LogP contribution is 2.17. The summed E-state index contributed by atoms with van der Waals surface area (Å²) in [6.07, 6.45) is 1.03. The normalized spacial score (nSPS) is 11.5. The number of ether oxygens (including phenoxy) is 1. The van der Waals surface area contributed by atoms with Gasteiger partial charge in [0.2, 0.25) is 5.82 Å². The number of hydrogen-bond acceptors (Lipinski definition) is 6. The number of rotatable bonds is 4. The van der Waals surface area contributed by atoms with E-state index in [1.165, 1.54) is 6.20 Å². The molecule has 7 heteroatoms. The molecule has 2 N–H and O–H groups in total. The quantitative estimate of drug-likeness (QED) is 0.885. The van der Waals surface area contributed by atoms with E-state index < -0.39 is 11.7 Å². The van der Waals surface area contributed by atoms with Crippen LogP contribution in [0.5, 0.6) is 0 Å². The highest BCUT2D eigenvalue weighted by atomic mass is 16.6. The van der Waals surface area contributed by atoms with Crippen molar-refractivity contribution in [3.63, 3.8) is 0 Å². The molecule has 0 radical (unpaired) electrons. The second-order valence-electron chi connectivity index (χ2n) is 7.45. The van der Waals surface area contributed by atoms with Crippen molar-refractivity contribution >= 4 is 11.9 Å². The first-order chi connectivity index (χ1) is 10.5. The molecular formula is C16H25N5O2. The van der Waals surface area contributed by atoms with Gasteiger partial charge >= 0.3 is 6.09 Å². The molecule has 0 unspecified atom stereocenters. The molecule has 0 saturated heterocycles. The highest BCUT2D eigenvalue weighted by Gasteiger charge is 2.17. The van der Waals surface area contributed by atoms with Gasteiger partial charge in [-0.2, -0.15) is 5.26 Å². The zero-order chi connectivity index (χ0) is 17.7. The largest absolute Gasteiger partial charge is 0.444 e. The topological polar surface area (TPSA) is 99.9 Å². The Balaban J connectivity index is 2.81. The van der Waals surface area contributed by atoms with Gasteiger partial charge in [0.15, 0.2) is 0 Å². The number of hydrogen-bond donors (Lipinski definition) is 2. The van der Waals surface area contributed by atoms with Gasteiger partial charge in [0.05, 0.1) is 6.54 Å². The Morgan fingerprint density at radius 2 is 1.96 bits per heavy atom. The summed E-state index contributed by atoms with van der Waals surface area (Å²) in [5, 5.41) is 14.8. The van der Waals surface area contributed by atoms with Crippen LogP contribution in [0.15, 0.2) is 6.20 Å². The summed E-state index contributed by atoms with van der Waals surface area (Å²) in [5.41, 5.74) is 0.186. The van der Waals surface area contributed by atoms with Crippen molar-refractivity contribution < 1.29 is 9.53 Å². The van der Waals surface area contributed by atoms with Crippen molar-refractivity contribution in [1.82, 2.24) is 15.3 Å². The van der Waals surface area contributed by atoms with Gasteiger partial charge in [-0.25, -0.2) is 14.8 Å². The van der Waals surface area contributed by atoms with E-state index in [0.717, 1.165) is 0 Å². The molecule has 0 fully saturated rings. The Kier molecular flexibility index (Phi) is 5.91. The summed E-state index contributed by atoms with van der Waals surface area (Å²) in [7, 11) is 0. The molecule has 1 amide bonds. The number of anilines is 1. The molecule has 1 heterocycles. The summed E-state index contributed by atoms with van der Waals surface area (Å²) in [4.78, 5) is 19.9. The third-order valence-electron chi connectivity index (χ3n) is 2.57. The molecule has 0 atom stereocenters. The van der Waals surface area contributed by atoms with Gasteiger partial charge in [0.1, 0.15) is 17.5 Å². The summed E-state index contributed by atoms with van der Waals surface area (Å²) in [5.74, 6) is 0.630. The van der Waals surface area contributed by atoms with E-state index in [2.05, 4.69) is 41.4 Å². The Labute approximate surface area is 137 Å². The number of alkyl carbamates (subject to hydrolysis) is 1. The molecular weight excluding hydrogens is 294 g/mol. The minimum Gasteiger partial charge on any atom is -0.444 e. The third-order valence-corrected chi connectivity index (χ3v) is 2.57. The maximum atomic E-state index is 11.7. The zero-order valence-corrected chi connectivity index (χ0v) is 14.6. The molecule has 23 heavy (non-hydrogen) atoms. The van der Waals surface area contributed by atoms with Gasteiger partial charge in [-0.1, -0.05) is 20.8 Å². The van der Waals surface area contributed by atoms with Crippen molar-refractivity contribution in [1.29, 1.82) is 5.26 Å². The summed E-state index contributed by atoms with van der Waals surface area (Å²) in [6, 6.07) is 1.91. The van der Waals surface area contributed by atoms with Crippen molar-refractivity contribution in [2.45, 2.75) is 53.7 Å². The van der Waals surface area contributed by atoms with Crippen LogP contribution >= 0.6 is 0 Å². The molecule has 7 nitrogen and oxygen atoms in total. The predicted molar refractivity (Wildman–Crippen MR) is 87.8 cm³/mol. The minimum absolute atomic E-state index is 0.0492. The van der Waals surface area contributed by atoms with Gasteiger partial charge in [-0.05, 0) is 26.2 Å². The van der Waals surface area contributed by atoms with E-state index in [9.17, 15) is 4.79 Å². The van der Waals surface area contributed by atoms with Crippen molar-refractivity contribution in [3.05, 3.63) is 17.6 Å². The second-order valence-corrected chi connectivity index (χ2v) is 7.45. The van der Waals surface area contributed by atoms with Gasteiger partial charge in [-0.15, -0.1) is 0 Å². The summed E-state index contributed by atoms with van der Waals surface area (Å²) < 4.78 is 5.19. The lowest BCUT2D eigenvalue weighted by Gasteiger charge is -2.21. The molecule has 1 rings (SSSR count). The van der Waals surface area contributed by atoms with Crippen LogP contribution < -0.4 is 10.6 Å². The fraction of sp³-hybridized carbons (Fsp3) is 0.625. The number of amides is 1. The van der Waals surface area contributed by atoms with Crippen molar-refractivity contribution in [3.8, 4) is 6.07 Å². The Hall–Kier alpha value is -2.36. The SMILES string of the molecule is CC(C)(C)CNc1nc(C#N)ncc1CNC(=O)OC(C)(C)C. The van der Waals surface area contributed by atoms with Gasteiger partial charge in [-0.3, -0.25) is 0 Å². The van der Waals surface area contributed by atoms with E-state index in [4.69, 9.17) is 10.00 Å². The summed E-state index contributed by atoms with van der Waals surface area (Å²) in [6.45, 7) is 12.6. The first kappa shape index (κ1) is 18.7. The fourth-order valence-corrected chi connectivity index (χ4v) is 1.57. The number of nitrogens with one attached hydrogen (secondary N) is 2. The van der Waals surface area contributed by atoms with E-state index in [0.29, 0.717) is 17.9 Å². The van der Waals surface area contributed by atoms with Crippen LogP contribution in [0.2, 0.25) is 0 Å². The average molecular weight is 319 g/mol. The van der Waals surface area contributed by atoms with Crippen LogP contribution in [0.4, 0.5) is 10.6 Å². The average Bonchev–Trinajstić information content (AvgIpc) is 2.40. The maximum absolute atomic E-state index is 11.7. The Morgan fingerprint density at radius 3 is 2.48 bits per heavy atom. The second kappa shape index (κ2) is 7.27. The van der Waals surface area contributed by atoms with Crippen molar-refractivity contribution in [2.24, 2.45) is 5.41 Å². The molecule has 0 aliphatic rings. The van der Waals surface area contributed by atoms with Gasteiger partial charge in [0, 0.05) is 18.3 Å². The lowest BCUT2D eigenvalue weighted by molar-refractivity contribution is 0.0523. The first-order valence-corrected chi connectivity index (χ1v) is 7.47. The predicted octanol–water partition coefficient (Wildman–Crippen LogP) is 2.83. The first-order valence-electron chi connectivity index (χ1n) is 7.47. The van der Waals surface area contributed by atoms with Crippen LogP contribution in [0.1, 0.15) is 52.9 Å². The Bertz CT molecular complexity index is 594. The highest BCUT2D eigenvalue weighted by molar-refractivity contribution is 5.68. The van der Waals surface area contributed by atoms with E-state index in [1.54, 1.807) is 20.8 Å². The lowest BCUT2D eigenvalue weighted by Crippen LogP contribution is -2.32. The standard InChI is InChI=1S/C16H25N5O2/c1-15(2,3)10-20-13-11(8-18-12(7-17)21-13)9-19-14(22)23-16(4,5)6/h8H,9-10H2,1-6H3,(H,19,22)(H,18,20,21). The molecule has 0 bridgehead atoms. The summed E-state index contributed by atoms with van der Waals surface area (Å²) >= 11 is 0. The van der Waals surface area contributed by atoms with Gasteiger partial charge in [0.25, 0.3) is 0 Å². The number of nitriles is 1. The van der Waals surface area contributed by atoms with Gasteiger partial charge < -0.3 is 15.4 Å². The Morgan fingerprint density at radius 1 is 1.30 bits per heavy atom. The number of carbonyl (C=O) groups excluding carboxylic acids is 1. The smallest absolute Gasteiger partial charge is 0.407 e. The van der Waals surface area contributed by atoms with E-state index >= 15 is 0 Å². The lowest BCUT2D eigenvalue weighted by atomic mass is 9.97. The zero-order valence-electron chi connectivity index (χ0n) is 14.6. The molecule has 0 saturated carbocycles. The van der Waals surface area contributed by atoms with Crippen LogP contribution in [0.3, 0.4) is 0 Å². The number of carbonyl (C=O) groups is 1. The molecule has 0 spiro atoms. The third kappa shape index (κ3) is 7.45. The molecule has 0 aromatic carbocycles. The van der Waals surface area contributed by atoms with E-state index in [1.807, 2.05) is 6.07 Å². The molecule has 1 aromatic rings. The van der Waals surface area contributed by atoms with Crippen LogP contribution in [-0.4, -0.2) is 28.2 Å². The molecule has 1 aromatic heterocycles. The van der Waals surface area contributed by atoms with Crippen molar-refractivity contribution in [2.75, 3.05) is 11.9 Å². The van der Waals surface area contributed by atoms with Crippen LogP contribution in [0.25, 0.3) is 0 Å². The molecule has 0 aliphatic heterocycles. The van der Waals surface area contributed by atoms with Crippen LogP contribution in [-0.2, 0) is 11.3 Å².